The first kappa shape index (κ1) is 21.8. The van der Waals surface area contributed by atoms with Crippen molar-refractivity contribution >= 4 is 33.2 Å². The first-order valence-electron chi connectivity index (χ1n) is 8.28. The summed E-state index contributed by atoms with van der Waals surface area (Å²) in [5, 5.41) is 6.69. The first-order valence-corrected chi connectivity index (χ1v) is 10.6. The molecule has 1 heterocycles. The molecule has 1 amide bonds. The molecule has 7 nitrogen and oxygen atoms in total. The van der Waals surface area contributed by atoms with Crippen molar-refractivity contribution in [2.75, 3.05) is 11.6 Å². The lowest BCUT2D eigenvalue weighted by atomic mass is 10.1. The molecule has 0 aliphatic carbocycles. The van der Waals surface area contributed by atoms with Crippen molar-refractivity contribution in [3.8, 4) is 0 Å². The number of carbonyl (C=O) groups excluding carboxylic acids is 1. The molecule has 0 radical (unpaired) electrons. The molecule has 0 aliphatic rings. The topological polar surface area (TPSA) is 101 Å². The van der Waals surface area contributed by atoms with Crippen LogP contribution >= 0.6 is 11.6 Å². The van der Waals surface area contributed by atoms with E-state index in [1.165, 1.54) is 24.5 Å². The van der Waals surface area contributed by atoms with Gasteiger partial charge in [-0.1, -0.05) is 29.8 Å². The van der Waals surface area contributed by atoms with E-state index in [-0.39, 0.29) is 16.8 Å². The van der Waals surface area contributed by atoms with Crippen molar-refractivity contribution in [1.29, 1.82) is 0 Å². The van der Waals surface area contributed by atoms with Crippen LogP contribution in [0.3, 0.4) is 0 Å². The molecule has 0 saturated carbocycles. The van der Waals surface area contributed by atoms with E-state index in [1.807, 2.05) is 0 Å². The van der Waals surface area contributed by atoms with Crippen molar-refractivity contribution in [3.05, 3.63) is 64.2 Å². The van der Waals surface area contributed by atoms with Crippen LogP contribution < -0.4 is 10.6 Å². The highest BCUT2D eigenvalue weighted by molar-refractivity contribution is 7.93. The minimum absolute atomic E-state index is 0.0302. The zero-order chi connectivity index (χ0) is 20.9. The number of amides is 1. The lowest BCUT2D eigenvalue weighted by Crippen LogP contribution is -2.32. The Morgan fingerprint density at radius 1 is 1.25 bits per heavy atom. The quantitative estimate of drug-likeness (QED) is 0.705. The van der Waals surface area contributed by atoms with Gasteiger partial charge in [-0.05, 0) is 25.5 Å². The Morgan fingerprint density at radius 3 is 2.57 bits per heavy atom. The maximum atomic E-state index is 13.6. The van der Waals surface area contributed by atoms with Crippen LogP contribution in [0.25, 0.3) is 0 Å². The van der Waals surface area contributed by atoms with Gasteiger partial charge in [-0.15, -0.1) is 0 Å². The second kappa shape index (κ2) is 9.11. The summed E-state index contributed by atoms with van der Waals surface area (Å²) in [6, 6.07) is 3.70. The fourth-order valence-electron chi connectivity index (χ4n) is 2.26. The van der Waals surface area contributed by atoms with E-state index in [1.54, 1.807) is 26.0 Å². The Labute approximate surface area is 168 Å². The molecule has 0 fully saturated rings. The number of anilines is 1. The van der Waals surface area contributed by atoms with Crippen LogP contribution in [-0.4, -0.2) is 36.6 Å². The van der Waals surface area contributed by atoms with Crippen molar-refractivity contribution in [2.45, 2.75) is 25.9 Å². The normalized spacial score (nSPS) is 13.9. The van der Waals surface area contributed by atoms with Gasteiger partial charge in [0.2, 0.25) is 0 Å². The Balaban J connectivity index is 2.02. The summed E-state index contributed by atoms with van der Waals surface area (Å²) in [5.74, 6) is -0.620. The number of hydrogen-bond acceptors (Lipinski definition) is 6. The van der Waals surface area contributed by atoms with Crippen LogP contribution in [0.4, 0.5) is 10.2 Å². The van der Waals surface area contributed by atoms with Crippen LogP contribution in [0, 0.1) is 5.82 Å². The zero-order valence-electron chi connectivity index (χ0n) is 15.5. The van der Waals surface area contributed by atoms with Gasteiger partial charge in [0, 0.05) is 17.7 Å². The number of aromatic nitrogens is 2. The van der Waals surface area contributed by atoms with Crippen molar-refractivity contribution in [3.63, 3.8) is 0 Å². The van der Waals surface area contributed by atoms with Gasteiger partial charge in [0.25, 0.3) is 5.91 Å². The smallest absolute Gasteiger partial charge is 0.271 e. The molecule has 1 aromatic carbocycles. The summed E-state index contributed by atoms with van der Waals surface area (Å²) >= 11 is 5.98. The maximum absolute atomic E-state index is 13.6. The van der Waals surface area contributed by atoms with Gasteiger partial charge in [0.15, 0.2) is 9.84 Å². The number of halogens is 2. The molecule has 0 saturated heterocycles. The third kappa shape index (κ3) is 6.28. The monoisotopic (exact) mass is 426 g/mol. The molecule has 2 rings (SSSR count). The van der Waals surface area contributed by atoms with Gasteiger partial charge in [-0.2, -0.15) is 0 Å². The van der Waals surface area contributed by atoms with Gasteiger partial charge in [0.1, 0.15) is 17.3 Å². The molecule has 0 spiro atoms. The SMILES string of the molecule is CC(Nc1cnc(C(=O)N[C@H](C)/C=C/S(C)(=O)=O)cn1)c1cccc(F)c1Cl. The number of rotatable bonds is 7. The molecule has 1 aromatic heterocycles. The molecule has 10 heteroatoms. The lowest BCUT2D eigenvalue weighted by molar-refractivity contribution is 0.0941. The van der Waals surface area contributed by atoms with Gasteiger partial charge in [0.05, 0.1) is 23.5 Å². The van der Waals surface area contributed by atoms with Gasteiger partial charge in [-0.25, -0.2) is 22.8 Å². The molecular weight excluding hydrogens is 407 g/mol. The Kier molecular flexibility index (Phi) is 7.09. The molecule has 2 N–H and O–H groups in total. The minimum atomic E-state index is -3.27. The average Bonchev–Trinajstić information content (AvgIpc) is 2.62. The standard InChI is InChI=1S/C18H20ClFN4O3S/c1-11(7-8-28(3,26)27)23-18(25)15-9-22-16(10-21-15)24-12(2)13-5-4-6-14(20)17(13)19/h4-12H,1-3H3,(H,22,24)(H,23,25)/b8-7+/t11-,12?/m1/s1. The second-order valence-electron chi connectivity index (χ2n) is 6.22. The van der Waals surface area contributed by atoms with Crippen molar-refractivity contribution in [1.82, 2.24) is 15.3 Å². The maximum Gasteiger partial charge on any atom is 0.271 e. The molecular formula is C18H20ClFN4O3S. The summed E-state index contributed by atoms with van der Waals surface area (Å²) < 4.78 is 35.8. The largest absolute Gasteiger partial charge is 0.362 e. The van der Waals surface area contributed by atoms with Crippen LogP contribution in [0.1, 0.15) is 35.9 Å². The van der Waals surface area contributed by atoms with Crippen molar-refractivity contribution in [2.24, 2.45) is 0 Å². The van der Waals surface area contributed by atoms with Crippen LogP contribution in [0.2, 0.25) is 5.02 Å². The average molecular weight is 427 g/mol. The highest BCUT2D eigenvalue weighted by Gasteiger charge is 2.14. The predicted molar refractivity (Wildman–Crippen MR) is 106 cm³/mol. The molecule has 28 heavy (non-hydrogen) atoms. The summed E-state index contributed by atoms with van der Waals surface area (Å²) in [7, 11) is -3.27. The third-order valence-electron chi connectivity index (χ3n) is 3.67. The summed E-state index contributed by atoms with van der Waals surface area (Å²) in [5.41, 5.74) is 0.637. The van der Waals surface area contributed by atoms with E-state index in [0.717, 1.165) is 11.7 Å². The van der Waals surface area contributed by atoms with E-state index in [4.69, 9.17) is 11.6 Å². The number of nitrogens with one attached hydrogen (secondary N) is 2. The molecule has 2 aromatic rings. The lowest BCUT2D eigenvalue weighted by Gasteiger charge is -2.16. The number of carbonyl (C=O) groups is 1. The first-order chi connectivity index (χ1) is 13.1. The van der Waals surface area contributed by atoms with E-state index in [9.17, 15) is 17.6 Å². The van der Waals surface area contributed by atoms with E-state index in [2.05, 4.69) is 20.6 Å². The predicted octanol–water partition coefficient (Wildman–Crippen LogP) is 3.12. The molecule has 150 valence electrons. The zero-order valence-corrected chi connectivity index (χ0v) is 17.1. The number of sulfone groups is 1. The molecule has 1 unspecified atom stereocenters. The molecule has 0 bridgehead atoms. The van der Waals surface area contributed by atoms with Crippen molar-refractivity contribution < 1.29 is 17.6 Å². The van der Waals surface area contributed by atoms with Gasteiger partial charge in [-0.3, -0.25) is 4.79 Å². The van der Waals surface area contributed by atoms with Gasteiger partial charge < -0.3 is 10.6 Å². The van der Waals surface area contributed by atoms with Crippen LogP contribution in [-0.2, 0) is 9.84 Å². The van der Waals surface area contributed by atoms with E-state index < -0.39 is 27.6 Å². The highest BCUT2D eigenvalue weighted by Crippen LogP contribution is 2.27. The Morgan fingerprint density at radius 2 is 1.96 bits per heavy atom. The van der Waals surface area contributed by atoms with E-state index >= 15 is 0 Å². The Hall–Kier alpha value is -2.52. The second-order valence-corrected chi connectivity index (χ2v) is 8.53. The molecule has 0 aliphatic heterocycles. The highest BCUT2D eigenvalue weighted by atomic mass is 35.5. The van der Waals surface area contributed by atoms with Gasteiger partial charge >= 0.3 is 0 Å². The fraction of sp³-hybridized carbons (Fsp3) is 0.278. The fourth-order valence-corrected chi connectivity index (χ4v) is 3.07. The summed E-state index contributed by atoms with van der Waals surface area (Å²) in [6.45, 7) is 3.42. The summed E-state index contributed by atoms with van der Waals surface area (Å²) in [6.07, 6.45) is 5.08. The minimum Gasteiger partial charge on any atom is -0.362 e. The number of benzene rings is 1. The van der Waals surface area contributed by atoms with E-state index in [0.29, 0.717) is 11.4 Å². The molecule has 2 atom stereocenters. The summed E-state index contributed by atoms with van der Waals surface area (Å²) in [4.78, 5) is 20.3. The third-order valence-corrected chi connectivity index (χ3v) is 4.72. The van der Waals surface area contributed by atoms with Crippen LogP contribution in [0.15, 0.2) is 42.1 Å². The number of nitrogens with zero attached hydrogens (tertiary/aromatic N) is 2. The van der Waals surface area contributed by atoms with Crippen LogP contribution in [0.5, 0.6) is 0 Å². The Bertz CT molecular complexity index is 981. The number of hydrogen-bond donors (Lipinski definition) is 2.